The van der Waals surface area contributed by atoms with Crippen molar-refractivity contribution >= 4 is 35.6 Å². The molecular weight excluding hydrogens is 299 g/mol. The van der Waals surface area contributed by atoms with E-state index in [0.29, 0.717) is 23.6 Å². The molecule has 0 spiro atoms. The predicted octanol–water partition coefficient (Wildman–Crippen LogP) is 2.78. The number of nitrogens with one attached hydrogen (secondary N) is 2. The van der Waals surface area contributed by atoms with Crippen LogP contribution in [0.1, 0.15) is 18.4 Å². The summed E-state index contributed by atoms with van der Waals surface area (Å²) in [5.41, 5.74) is 0.941. The van der Waals surface area contributed by atoms with Crippen LogP contribution in [0.25, 0.3) is 0 Å². The van der Waals surface area contributed by atoms with Gasteiger partial charge >= 0.3 is 0 Å². The van der Waals surface area contributed by atoms with Crippen molar-refractivity contribution in [2.24, 2.45) is 0 Å². The number of hydrogen-bond acceptors (Lipinski definition) is 3. The van der Waals surface area contributed by atoms with Gasteiger partial charge in [-0.2, -0.15) is 0 Å². The molecule has 2 rings (SSSR count). The quantitative estimate of drug-likeness (QED) is 0.901. The van der Waals surface area contributed by atoms with Crippen molar-refractivity contribution in [1.82, 2.24) is 5.32 Å². The van der Waals surface area contributed by atoms with Gasteiger partial charge in [-0.3, -0.25) is 4.79 Å². The Bertz CT molecular complexity index is 474. The van der Waals surface area contributed by atoms with Gasteiger partial charge in [0.1, 0.15) is 5.60 Å². The van der Waals surface area contributed by atoms with Crippen molar-refractivity contribution in [3.05, 3.63) is 28.8 Å². The van der Waals surface area contributed by atoms with Gasteiger partial charge in [0.15, 0.2) is 0 Å². The predicted molar refractivity (Wildman–Crippen MR) is 83.9 cm³/mol. The molecule has 1 saturated heterocycles. The van der Waals surface area contributed by atoms with E-state index in [1.807, 2.05) is 19.1 Å². The summed E-state index contributed by atoms with van der Waals surface area (Å²) in [4.78, 5) is 12.5. The number of rotatable bonds is 3. The van der Waals surface area contributed by atoms with E-state index < -0.39 is 5.60 Å². The van der Waals surface area contributed by atoms with Crippen molar-refractivity contribution in [3.8, 4) is 0 Å². The first kappa shape index (κ1) is 17.2. The number of anilines is 1. The molecule has 0 unspecified atom stereocenters. The smallest absolute Gasteiger partial charge is 0.256 e. The maximum absolute atomic E-state index is 12.5. The lowest BCUT2D eigenvalue weighted by Gasteiger charge is -2.34. The molecule has 1 aliphatic heterocycles. The third kappa shape index (κ3) is 3.64. The third-order valence-corrected chi connectivity index (χ3v) is 3.92. The Balaban J connectivity index is 0.00000200. The fourth-order valence-electron chi connectivity index (χ4n) is 2.33. The van der Waals surface area contributed by atoms with Crippen LogP contribution in [0.5, 0.6) is 0 Å². The van der Waals surface area contributed by atoms with Crippen LogP contribution in [0.15, 0.2) is 18.2 Å². The maximum atomic E-state index is 12.5. The first-order chi connectivity index (χ1) is 9.07. The van der Waals surface area contributed by atoms with Gasteiger partial charge in [0.05, 0.1) is 10.7 Å². The molecule has 6 heteroatoms. The number of carbonyl (C=O) groups excluding carboxylic acids is 1. The van der Waals surface area contributed by atoms with Gasteiger partial charge in [0, 0.05) is 7.11 Å². The number of hydrogen-bond donors (Lipinski definition) is 2. The van der Waals surface area contributed by atoms with Crippen molar-refractivity contribution in [1.29, 1.82) is 0 Å². The molecule has 1 aliphatic rings. The van der Waals surface area contributed by atoms with Crippen molar-refractivity contribution in [3.63, 3.8) is 0 Å². The topological polar surface area (TPSA) is 50.4 Å². The van der Waals surface area contributed by atoms with Crippen LogP contribution in [-0.4, -0.2) is 31.7 Å². The van der Waals surface area contributed by atoms with E-state index in [2.05, 4.69) is 10.6 Å². The van der Waals surface area contributed by atoms with Crippen LogP contribution in [-0.2, 0) is 9.53 Å². The van der Waals surface area contributed by atoms with Gasteiger partial charge in [-0.1, -0.05) is 17.7 Å². The van der Waals surface area contributed by atoms with E-state index in [0.717, 1.165) is 18.7 Å². The second-order valence-electron chi connectivity index (χ2n) is 4.89. The number of methoxy groups -OCH3 is 1. The first-order valence-corrected chi connectivity index (χ1v) is 6.79. The van der Waals surface area contributed by atoms with Gasteiger partial charge < -0.3 is 15.4 Å². The summed E-state index contributed by atoms with van der Waals surface area (Å²) in [5.74, 6) is -0.121. The molecule has 4 nitrogen and oxygen atoms in total. The van der Waals surface area contributed by atoms with Crippen LogP contribution < -0.4 is 10.6 Å². The fraction of sp³-hybridized carbons (Fsp3) is 0.500. The molecule has 0 radical (unpaired) electrons. The summed E-state index contributed by atoms with van der Waals surface area (Å²) in [5, 5.41) is 6.66. The highest BCUT2D eigenvalue weighted by atomic mass is 35.5. The Kier molecular flexibility index (Phi) is 6.27. The molecule has 0 saturated carbocycles. The van der Waals surface area contributed by atoms with Gasteiger partial charge in [-0.25, -0.2) is 0 Å². The summed E-state index contributed by atoms with van der Waals surface area (Å²) in [6.07, 6.45) is 1.33. The van der Waals surface area contributed by atoms with Crippen molar-refractivity contribution in [2.45, 2.75) is 25.4 Å². The van der Waals surface area contributed by atoms with E-state index >= 15 is 0 Å². The molecule has 1 heterocycles. The van der Waals surface area contributed by atoms with Crippen LogP contribution in [0, 0.1) is 6.92 Å². The minimum absolute atomic E-state index is 0. The average Bonchev–Trinajstić information content (AvgIpc) is 2.43. The number of carbonyl (C=O) groups is 1. The molecule has 0 bridgehead atoms. The van der Waals surface area contributed by atoms with E-state index in [1.54, 1.807) is 13.2 Å². The Morgan fingerprint density at radius 1 is 1.40 bits per heavy atom. The van der Waals surface area contributed by atoms with Gasteiger partial charge in [0.25, 0.3) is 5.91 Å². The minimum atomic E-state index is -0.752. The largest absolute Gasteiger partial charge is 0.368 e. The summed E-state index contributed by atoms with van der Waals surface area (Å²) < 4.78 is 5.49. The van der Waals surface area contributed by atoms with Crippen LogP contribution in [0.2, 0.25) is 5.02 Å². The van der Waals surface area contributed by atoms with Gasteiger partial charge in [-0.15, -0.1) is 12.4 Å². The average molecular weight is 319 g/mol. The summed E-state index contributed by atoms with van der Waals surface area (Å²) in [6.45, 7) is 3.52. The number of benzene rings is 1. The highest BCUT2D eigenvalue weighted by Crippen LogP contribution is 2.28. The molecule has 2 N–H and O–H groups in total. The third-order valence-electron chi connectivity index (χ3n) is 3.59. The normalized spacial score (nSPS) is 17.1. The SMILES string of the molecule is COC1(C(=O)Nc2cc(C)ccc2Cl)CCNCC1.Cl. The van der Waals surface area contributed by atoms with Gasteiger partial charge in [0.2, 0.25) is 0 Å². The zero-order valence-electron chi connectivity index (χ0n) is 11.7. The lowest BCUT2D eigenvalue weighted by atomic mass is 9.91. The zero-order chi connectivity index (χ0) is 13.9. The van der Waals surface area contributed by atoms with Crippen LogP contribution >= 0.6 is 24.0 Å². The lowest BCUT2D eigenvalue weighted by molar-refractivity contribution is -0.140. The number of amides is 1. The van der Waals surface area contributed by atoms with Gasteiger partial charge in [-0.05, 0) is 50.6 Å². The second kappa shape index (κ2) is 7.27. The Labute approximate surface area is 130 Å². The molecule has 0 aromatic heterocycles. The standard InChI is InChI=1S/C14H19ClN2O2.ClH/c1-10-3-4-11(15)12(9-10)17-13(18)14(19-2)5-7-16-8-6-14;/h3-4,9,16H,5-8H2,1-2H3,(H,17,18);1H. The molecular formula is C14H20Cl2N2O2. The van der Waals surface area contributed by atoms with E-state index in [4.69, 9.17) is 16.3 Å². The molecule has 112 valence electrons. The number of aryl methyl sites for hydroxylation is 1. The molecule has 0 aliphatic carbocycles. The highest BCUT2D eigenvalue weighted by molar-refractivity contribution is 6.33. The monoisotopic (exact) mass is 318 g/mol. The minimum Gasteiger partial charge on any atom is -0.368 e. The van der Waals surface area contributed by atoms with E-state index in [9.17, 15) is 4.79 Å². The Morgan fingerprint density at radius 2 is 2.05 bits per heavy atom. The second-order valence-corrected chi connectivity index (χ2v) is 5.29. The van der Waals surface area contributed by atoms with Crippen molar-refractivity contribution < 1.29 is 9.53 Å². The maximum Gasteiger partial charge on any atom is 0.256 e. The first-order valence-electron chi connectivity index (χ1n) is 6.41. The Morgan fingerprint density at radius 3 is 2.65 bits per heavy atom. The molecule has 1 aromatic carbocycles. The lowest BCUT2D eigenvalue weighted by Crippen LogP contribution is -2.51. The Hall–Kier alpha value is -0.810. The molecule has 1 fully saturated rings. The zero-order valence-corrected chi connectivity index (χ0v) is 13.2. The molecule has 0 atom stereocenters. The van der Waals surface area contributed by atoms with E-state index in [1.165, 1.54) is 0 Å². The summed E-state index contributed by atoms with van der Waals surface area (Å²) in [6, 6.07) is 5.56. The van der Waals surface area contributed by atoms with Crippen LogP contribution in [0.4, 0.5) is 5.69 Å². The van der Waals surface area contributed by atoms with Crippen LogP contribution in [0.3, 0.4) is 0 Å². The molecule has 1 amide bonds. The summed E-state index contributed by atoms with van der Waals surface area (Å²) in [7, 11) is 1.59. The number of halogens is 2. The summed E-state index contributed by atoms with van der Waals surface area (Å²) >= 11 is 6.10. The number of piperidine rings is 1. The van der Waals surface area contributed by atoms with E-state index in [-0.39, 0.29) is 18.3 Å². The van der Waals surface area contributed by atoms with Crippen molar-refractivity contribution in [2.75, 3.05) is 25.5 Å². The highest BCUT2D eigenvalue weighted by Gasteiger charge is 2.39. The number of ether oxygens (including phenoxy) is 1. The molecule has 20 heavy (non-hydrogen) atoms. The fourth-order valence-corrected chi connectivity index (χ4v) is 2.49. The molecule has 1 aromatic rings.